The molecule has 3 heterocycles. The molecule has 6 rings (SSSR count). The minimum absolute atomic E-state index is 0.0395. The molecule has 2 fully saturated rings. The van der Waals surface area contributed by atoms with Gasteiger partial charge in [0.05, 0.1) is 39.0 Å². The molecule has 0 unspecified atom stereocenters. The van der Waals surface area contributed by atoms with E-state index in [0.717, 1.165) is 56.2 Å². The number of halogens is 1. The number of hydrogen-bond acceptors (Lipinski definition) is 9. The van der Waals surface area contributed by atoms with Crippen LogP contribution in [0.15, 0.2) is 59.0 Å². The van der Waals surface area contributed by atoms with Gasteiger partial charge in [0, 0.05) is 77.6 Å². The number of ether oxygens (including phenoxy) is 3. The fourth-order valence-corrected chi connectivity index (χ4v) is 6.70. The molecule has 0 saturated carbocycles. The van der Waals surface area contributed by atoms with E-state index in [1.54, 1.807) is 6.07 Å². The zero-order valence-electron chi connectivity index (χ0n) is 28.9. The number of carbonyl (C=O) groups is 3. The van der Waals surface area contributed by atoms with Crippen LogP contribution < -0.4 is 25.3 Å². The number of anilines is 1. The van der Waals surface area contributed by atoms with E-state index in [0.29, 0.717) is 84.4 Å². The number of alkyl halides is 1. The summed E-state index contributed by atoms with van der Waals surface area (Å²) in [5.41, 5.74) is 3.52. The Morgan fingerprint density at radius 2 is 1.71 bits per heavy atom. The number of unbranched alkanes of at least 4 members (excludes halogenated alkanes) is 3. The first-order valence-corrected chi connectivity index (χ1v) is 18.2. The molecule has 11 nitrogen and oxygen atoms in total. The highest BCUT2D eigenvalue weighted by Gasteiger charge is 2.38. The number of hydrogen-bond donors (Lipinski definition) is 1. The van der Waals surface area contributed by atoms with Crippen LogP contribution in [-0.2, 0) is 19.0 Å². The van der Waals surface area contributed by atoms with Gasteiger partial charge in [-0.3, -0.25) is 9.59 Å². The Kier molecular flexibility index (Phi) is 12.2. The molecule has 51 heavy (non-hydrogen) atoms. The number of nitrogens with zero attached hydrogens (tertiary/aromatic N) is 2. The Balaban J connectivity index is 1.24. The van der Waals surface area contributed by atoms with Crippen molar-refractivity contribution in [2.45, 2.75) is 32.1 Å². The van der Waals surface area contributed by atoms with Gasteiger partial charge in [-0.05, 0) is 55.2 Å². The molecule has 2 aromatic rings. The van der Waals surface area contributed by atoms with E-state index < -0.39 is 5.97 Å². The van der Waals surface area contributed by atoms with E-state index in [1.165, 1.54) is 19.2 Å². The third-order valence-electron chi connectivity index (χ3n) is 9.54. The Hall–Kier alpha value is -4.45. The lowest BCUT2D eigenvalue weighted by Crippen LogP contribution is -2.52. The summed E-state index contributed by atoms with van der Waals surface area (Å²) < 4.78 is 24.7. The number of carbonyl (C=O) groups excluding carboxylic acids is 3. The van der Waals surface area contributed by atoms with Crippen molar-refractivity contribution in [3.05, 3.63) is 71.1 Å². The summed E-state index contributed by atoms with van der Waals surface area (Å²) in [5, 5.41) is 17.0. The van der Waals surface area contributed by atoms with Crippen molar-refractivity contribution in [2.75, 3.05) is 77.0 Å². The zero-order chi connectivity index (χ0) is 35.7. The molecule has 0 atom stereocenters. The molecule has 1 aliphatic carbocycles. The molecular formula is C39H44ClN3O8. The molecule has 0 radical (unpaired) electrons. The van der Waals surface area contributed by atoms with Crippen molar-refractivity contribution in [1.82, 2.24) is 9.89 Å². The number of fused-ring (bicyclic) bond motifs is 2. The number of carboxylic acids is 1. The van der Waals surface area contributed by atoms with Crippen molar-refractivity contribution in [3.63, 3.8) is 0 Å². The molecule has 3 aliphatic heterocycles. The first-order chi connectivity index (χ1) is 24.9. The van der Waals surface area contributed by atoms with Gasteiger partial charge in [-0.25, -0.2) is 4.58 Å². The summed E-state index contributed by atoms with van der Waals surface area (Å²) in [7, 11) is 1.39. The van der Waals surface area contributed by atoms with Crippen LogP contribution in [0.5, 0.6) is 0 Å². The number of amides is 1. The maximum Gasteiger partial charge on any atom is 0.321 e. The molecule has 0 bridgehead atoms. The molecule has 0 spiro atoms. The van der Waals surface area contributed by atoms with Crippen LogP contribution in [0.1, 0.15) is 52.8 Å². The molecular weight excluding hydrogens is 674 g/mol. The van der Waals surface area contributed by atoms with Crippen molar-refractivity contribution >= 4 is 46.1 Å². The molecule has 1 amide bonds. The number of esters is 1. The number of rotatable bonds is 17. The first-order valence-electron chi connectivity index (χ1n) is 17.6. The van der Waals surface area contributed by atoms with Crippen molar-refractivity contribution in [3.8, 4) is 22.5 Å². The third kappa shape index (κ3) is 8.54. The predicted octanol–water partition coefficient (Wildman–Crippen LogP) is 3.92. The van der Waals surface area contributed by atoms with E-state index >= 15 is 0 Å². The second-order valence-corrected chi connectivity index (χ2v) is 13.3. The van der Waals surface area contributed by atoms with Gasteiger partial charge in [0.15, 0.2) is 19.0 Å². The molecule has 2 aromatic carbocycles. The Bertz CT molecular complexity index is 1910. The number of carboxylic acid groups (broad SMARTS) is 1. The molecule has 4 aliphatic rings. The normalized spacial score (nSPS) is 15.5. The lowest BCUT2D eigenvalue weighted by atomic mass is 9.89. The van der Waals surface area contributed by atoms with Crippen molar-refractivity contribution in [1.29, 1.82) is 0 Å². The summed E-state index contributed by atoms with van der Waals surface area (Å²) in [6.07, 6.45) is 5.33. The van der Waals surface area contributed by atoms with Crippen LogP contribution in [0.2, 0.25) is 0 Å². The van der Waals surface area contributed by atoms with Gasteiger partial charge in [-0.1, -0.05) is 18.9 Å². The second-order valence-electron chi connectivity index (χ2n) is 12.9. The maximum atomic E-state index is 13.3. The number of methoxy groups -OCH3 is 1. The summed E-state index contributed by atoms with van der Waals surface area (Å²) in [6.45, 7) is 5.13. The second kappa shape index (κ2) is 17.2. The highest BCUT2D eigenvalue weighted by atomic mass is 35.5. The monoisotopic (exact) mass is 717 g/mol. The quantitative estimate of drug-likeness (QED) is 0.0568. The highest BCUT2D eigenvalue weighted by molar-refractivity contribution is 6.17. The SMILES string of the molecule is COC(=O)C1C[N+](=c2ccc3c(-c4cc(C(=O)NCCOCCOCCCCCCCl)ccc4C(=O)[O-])c4ccc(N5CCC5)cc4oc-3c2)C1. The number of nitrogens with one attached hydrogen (secondary N) is 1. The summed E-state index contributed by atoms with van der Waals surface area (Å²) >= 11 is 5.70. The summed E-state index contributed by atoms with van der Waals surface area (Å²) in [4.78, 5) is 40.1. The van der Waals surface area contributed by atoms with E-state index in [9.17, 15) is 19.5 Å². The highest BCUT2D eigenvalue weighted by Crippen LogP contribution is 2.42. The van der Waals surface area contributed by atoms with E-state index in [4.69, 9.17) is 30.2 Å². The fourth-order valence-electron chi connectivity index (χ4n) is 6.51. The molecule has 1 N–H and O–H groups in total. The standard InChI is InChI=1S/C39H44ClN3O8/c1-48-39(47)27-24-43(25-27)29-9-12-32-35(23-29)51-34-22-28(42-15-6-16-42)8-11-31(34)36(32)33-21-26(7-10-30(33)38(45)46)37(44)41-14-18-50-20-19-49-17-5-3-2-4-13-40/h7-12,21-23,27H,2-6,13-20,24-25H2,1H3,(H-,41,44,45,46). The van der Waals surface area contributed by atoms with Gasteiger partial charge < -0.3 is 38.7 Å². The van der Waals surface area contributed by atoms with Crippen LogP contribution in [0.3, 0.4) is 0 Å². The minimum atomic E-state index is -1.35. The first kappa shape index (κ1) is 36.3. The van der Waals surface area contributed by atoms with Gasteiger partial charge in [0.2, 0.25) is 5.36 Å². The molecule has 12 heteroatoms. The van der Waals surface area contributed by atoms with Gasteiger partial charge in [-0.2, -0.15) is 0 Å². The Labute approximate surface area is 302 Å². The summed E-state index contributed by atoms with van der Waals surface area (Å²) in [6, 6.07) is 16.2. The number of aromatic carboxylic acids is 1. The van der Waals surface area contributed by atoms with Crippen LogP contribution in [0.4, 0.5) is 5.69 Å². The van der Waals surface area contributed by atoms with Crippen LogP contribution in [-0.4, -0.2) is 90.0 Å². The average molecular weight is 718 g/mol. The number of benzene rings is 3. The Morgan fingerprint density at radius 1 is 0.922 bits per heavy atom. The smallest absolute Gasteiger partial charge is 0.321 e. The van der Waals surface area contributed by atoms with Crippen LogP contribution in [0.25, 0.3) is 33.4 Å². The van der Waals surface area contributed by atoms with E-state index in [1.807, 2.05) is 36.4 Å². The van der Waals surface area contributed by atoms with Crippen LogP contribution >= 0.6 is 11.6 Å². The van der Waals surface area contributed by atoms with Gasteiger partial charge in [0.1, 0.15) is 11.3 Å². The average Bonchev–Trinajstić information content (AvgIpc) is 3.09. The lowest BCUT2D eigenvalue weighted by molar-refractivity contribution is -0.254. The Morgan fingerprint density at radius 3 is 2.43 bits per heavy atom. The lowest BCUT2D eigenvalue weighted by Gasteiger charge is -2.33. The largest absolute Gasteiger partial charge is 0.545 e. The molecule has 0 aromatic heterocycles. The topological polar surface area (TPSA) is 133 Å². The fraction of sp³-hybridized carbons (Fsp3) is 0.436. The van der Waals surface area contributed by atoms with E-state index in [-0.39, 0.29) is 29.9 Å². The van der Waals surface area contributed by atoms with Crippen molar-refractivity contribution < 1.29 is 38.1 Å². The van der Waals surface area contributed by atoms with Gasteiger partial charge >= 0.3 is 5.97 Å². The third-order valence-corrected chi connectivity index (χ3v) is 9.81. The zero-order valence-corrected chi connectivity index (χ0v) is 29.7. The maximum absolute atomic E-state index is 13.3. The van der Waals surface area contributed by atoms with Gasteiger partial charge in [-0.15, -0.1) is 11.6 Å². The van der Waals surface area contributed by atoms with Crippen molar-refractivity contribution in [2.24, 2.45) is 5.92 Å². The summed E-state index contributed by atoms with van der Waals surface area (Å²) in [5.74, 6) is -0.900. The minimum Gasteiger partial charge on any atom is -0.545 e. The van der Waals surface area contributed by atoms with Gasteiger partial charge in [0.25, 0.3) is 5.91 Å². The predicted molar refractivity (Wildman–Crippen MR) is 193 cm³/mol. The molecule has 270 valence electrons. The van der Waals surface area contributed by atoms with Crippen LogP contribution in [0, 0.1) is 5.92 Å². The van der Waals surface area contributed by atoms with E-state index in [2.05, 4.69) is 14.8 Å². The molecule has 2 saturated heterocycles.